The molecular weight excluding hydrogens is 272 g/mol. The zero-order valence-corrected chi connectivity index (χ0v) is 12.1. The van der Waals surface area contributed by atoms with Crippen molar-refractivity contribution in [3.05, 3.63) is 72.4 Å². The van der Waals surface area contributed by atoms with Crippen LogP contribution in [0.25, 0.3) is 10.9 Å². The number of nitrogens with zero attached hydrogens (tertiary/aromatic N) is 1. The number of anilines is 1. The summed E-state index contributed by atoms with van der Waals surface area (Å²) in [5, 5.41) is 4.05. The molecule has 3 heteroatoms. The van der Waals surface area contributed by atoms with Crippen molar-refractivity contribution in [2.45, 2.75) is 12.3 Å². The highest BCUT2D eigenvalue weighted by Crippen LogP contribution is 2.48. The maximum Gasteiger partial charge on any atom is 0.228 e. The zero-order chi connectivity index (χ0) is 14.9. The fourth-order valence-electron chi connectivity index (χ4n) is 2.99. The topological polar surface area (TPSA) is 42.0 Å². The minimum atomic E-state index is 0.0781. The smallest absolute Gasteiger partial charge is 0.228 e. The molecule has 2 atom stereocenters. The van der Waals surface area contributed by atoms with Crippen LogP contribution in [0, 0.1) is 5.92 Å². The van der Waals surface area contributed by atoms with Crippen molar-refractivity contribution in [1.29, 1.82) is 0 Å². The van der Waals surface area contributed by atoms with E-state index in [9.17, 15) is 4.79 Å². The first-order valence-electron chi connectivity index (χ1n) is 7.52. The molecule has 0 radical (unpaired) electrons. The Morgan fingerprint density at radius 1 is 1.00 bits per heavy atom. The van der Waals surface area contributed by atoms with Gasteiger partial charge in [-0.15, -0.1) is 0 Å². The van der Waals surface area contributed by atoms with Crippen molar-refractivity contribution < 1.29 is 4.79 Å². The molecule has 22 heavy (non-hydrogen) atoms. The van der Waals surface area contributed by atoms with Crippen LogP contribution >= 0.6 is 0 Å². The van der Waals surface area contributed by atoms with Crippen molar-refractivity contribution >= 4 is 22.5 Å². The Kier molecular flexibility index (Phi) is 3.11. The summed E-state index contributed by atoms with van der Waals surface area (Å²) in [6, 6.07) is 19.9. The third kappa shape index (κ3) is 2.35. The van der Waals surface area contributed by atoms with E-state index >= 15 is 0 Å². The van der Waals surface area contributed by atoms with E-state index in [1.807, 2.05) is 48.5 Å². The molecule has 4 rings (SSSR count). The lowest BCUT2D eigenvalue weighted by atomic mass is 10.1. The summed E-state index contributed by atoms with van der Waals surface area (Å²) in [5.74, 6) is 0.536. The van der Waals surface area contributed by atoms with E-state index in [4.69, 9.17) is 0 Å². The van der Waals surface area contributed by atoms with Gasteiger partial charge in [0.2, 0.25) is 5.91 Å². The van der Waals surface area contributed by atoms with E-state index in [-0.39, 0.29) is 11.8 Å². The third-order valence-electron chi connectivity index (χ3n) is 4.26. The first kappa shape index (κ1) is 13.0. The summed E-state index contributed by atoms with van der Waals surface area (Å²) < 4.78 is 0. The molecular formula is C19H16N2O. The molecule has 1 aliphatic rings. The van der Waals surface area contributed by atoms with Gasteiger partial charge in [-0.25, -0.2) is 0 Å². The molecule has 1 heterocycles. The van der Waals surface area contributed by atoms with Crippen molar-refractivity contribution in [2.24, 2.45) is 5.92 Å². The van der Waals surface area contributed by atoms with E-state index in [1.54, 1.807) is 6.20 Å². The van der Waals surface area contributed by atoms with Gasteiger partial charge in [0.05, 0.1) is 11.2 Å². The Balaban J connectivity index is 1.53. The van der Waals surface area contributed by atoms with Crippen LogP contribution in [0.1, 0.15) is 17.9 Å². The molecule has 3 nitrogen and oxygen atoms in total. The minimum absolute atomic E-state index is 0.0781. The molecule has 1 fully saturated rings. The lowest BCUT2D eigenvalue weighted by Gasteiger charge is -2.08. The monoisotopic (exact) mass is 288 g/mol. The van der Waals surface area contributed by atoms with Gasteiger partial charge in [0.1, 0.15) is 0 Å². The van der Waals surface area contributed by atoms with Gasteiger partial charge >= 0.3 is 0 Å². The second kappa shape index (κ2) is 5.26. The molecule has 1 amide bonds. The molecule has 2 unspecified atom stereocenters. The Bertz CT molecular complexity index is 824. The molecule has 108 valence electrons. The van der Waals surface area contributed by atoms with Gasteiger partial charge in [0.15, 0.2) is 0 Å². The standard InChI is InChI=1S/C19H16N2O/c22-19(16-12-15(16)13-6-2-1-3-7-13)21-18-10-4-9-17-14(18)8-5-11-20-17/h1-11,15-16H,12H2,(H,21,22). The van der Waals surface area contributed by atoms with Crippen LogP contribution in [-0.2, 0) is 4.79 Å². The van der Waals surface area contributed by atoms with Crippen LogP contribution in [0.15, 0.2) is 66.9 Å². The second-order valence-electron chi connectivity index (χ2n) is 5.72. The first-order chi connectivity index (χ1) is 10.8. The lowest BCUT2D eigenvalue weighted by molar-refractivity contribution is -0.117. The lowest BCUT2D eigenvalue weighted by Crippen LogP contribution is -2.14. The number of carbonyl (C=O) groups is 1. The van der Waals surface area contributed by atoms with Gasteiger partial charge in [-0.05, 0) is 42.2 Å². The number of hydrogen-bond acceptors (Lipinski definition) is 2. The number of hydrogen-bond donors (Lipinski definition) is 1. The van der Waals surface area contributed by atoms with E-state index in [1.165, 1.54) is 5.56 Å². The second-order valence-corrected chi connectivity index (χ2v) is 5.72. The summed E-state index contributed by atoms with van der Waals surface area (Å²) in [4.78, 5) is 16.8. The molecule has 0 spiro atoms. The fraction of sp³-hybridized carbons (Fsp3) is 0.158. The molecule has 3 aromatic rings. The molecule has 0 saturated heterocycles. The number of benzene rings is 2. The van der Waals surface area contributed by atoms with E-state index < -0.39 is 0 Å². The maximum atomic E-state index is 12.5. The summed E-state index contributed by atoms with van der Waals surface area (Å²) in [6.07, 6.45) is 2.69. The van der Waals surface area contributed by atoms with Crippen LogP contribution < -0.4 is 5.32 Å². The van der Waals surface area contributed by atoms with E-state index in [2.05, 4.69) is 22.4 Å². The Hall–Kier alpha value is -2.68. The van der Waals surface area contributed by atoms with Gasteiger partial charge in [-0.3, -0.25) is 9.78 Å². The molecule has 2 aromatic carbocycles. The number of amides is 1. The van der Waals surface area contributed by atoms with Crippen LogP contribution in [0.2, 0.25) is 0 Å². The molecule has 1 N–H and O–H groups in total. The largest absolute Gasteiger partial charge is 0.325 e. The Labute approximate surface area is 129 Å². The van der Waals surface area contributed by atoms with Gasteiger partial charge < -0.3 is 5.32 Å². The van der Waals surface area contributed by atoms with Crippen molar-refractivity contribution in [1.82, 2.24) is 4.98 Å². The molecule has 0 bridgehead atoms. The average Bonchev–Trinajstić information content (AvgIpc) is 3.37. The number of fused-ring (bicyclic) bond motifs is 1. The van der Waals surface area contributed by atoms with Gasteiger partial charge in [0, 0.05) is 17.5 Å². The summed E-state index contributed by atoms with van der Waals surface area (Å²) in [6.45, 7) is 0. The van der Waals surface area contributed by atoms with Gasteiger partial charge in [-0.2, -0.15) is 0 Å². The van der Waals surface area contributed by atoms with Crippen LogP contribution in [0.3, 0.4) is 0 Å². The Morgan fingerprint density at radius 3 is 2.73 bits per heavy atom. The number of rotatable bonds is 3. The highest BCUT2D eigenvalue weighted by atomic mass is 16.2. The Morgan fingerprint density at radius 2 is 1.86 bits per heavy atom. The quantitative estimate of drug-likeness (QED) is 0.792. The van der Waals surface area contributed by atoms with E-state index in [0.29, 0.717) is 5.92 Å². The summed E-state index contributed by atoms with van der Waals surface area (Å²) in [7, 11) is 0. The predicted molar refractivity (Wildman–Crippen MR) is 87.7 cm³/mol. The molecule has 1 aromatic heterocycles. The number of pyridine rings is 1. The maximum absolute atomic E-state index is 12.5. The third-order valence-corrected chi connectivity index (χ3v) is 4.26. The highest BCUT2D eigenvalue weighted by Gasteiger charge is 2.43. The summed E-state index contributed by atoms with van der Waals surface area (Å²) >= 11 is 0. The summed E-state index contributed by atoms with van der Waals surface area (Å²) in [5.41, 5.74) is 2.99. The zero-order valence-electron chi connectivity index (χ0n) is 12.1. The van der Waals surface area contributed by atoms with Crippen LogP contribution in [0.5, 0.6) is 0 Å². The van der Waals surface area contributed by atoms with E-state index in [0.717, 1.165) is 23.0 Å². The van der Waals surface area contributed by atoms with Gasteiger partial charge in [0.25, 0.3) is 0 Å². The number of nitrogens with one attached hydrogen (secondary N) is 1. The van der Waals surface area contributed by atoms with Crippen LogP contribution in [-0.4, -0.2) is 10.9 Å². The highest BCUT2D eigenvalue weighted by molar-refractivity contribution is 6.02. The molecule has 1 aliphatic carbocycles. The molecule has 1 saturated carbocycles. The molecule has 0 aliphatic heterocycles. The first-order valence-corrected chi connectivity index (χ1v) is 7.52. The normalized spacial score (nSPS) is 19.8. The number of carbonyl (C=O) groups excluding carboxylic acids is 1. The van der Waals surface area contributed by atoms with Crippen molar-refractivity contribution in [2.75, 3.05) is 5.32 Å². The minimum Gasteiger partial charge on any atom is -0.325 e. The SMILES string of the molecule is O=C(Nc1cccc2ncccc12)C1CC1c1ccccc1. The number of aromatic nitrogens is 1. The van der Waals surface area contributed by atoms with Crippen molar-refractivity contribution in [3.63, 3.8) is 0 Å². The predicted octanol–water partition coefficient (Wildman–Crippen LogP) is 3.98. The van der Waals surface area contributed by atoms with Gasteiger partial charge in [-0.1, -0.05) is 36.4 Å². The fourth-order valence-corrected chi connectivity index (χ4v) is 2.99. The average molecular weight is 288 g/mol. The van der Waals surface area contributed by atoms with Crippen molar-refractivity contribution in [3.8, 4) is 0 Å². The van der Waals surface area contributed by atoms with Crippen LogP contribution in [0.4, 0.5) is 5.69 Å².